The van der Waals surface area contributed by atoms with E-state index in [0.717, 1.165) is 53.4 Å². The van der Waals surface area contributed by atoms with Crippen LogP contribution < -0.4 is 10.6 Å². The first kappa shape index (κ1) is 20.5. The number of fused-ring (bicyclic) bond motifs is 3. The molecule has 1 aliphatic heterocycles. The van der Waals surface area contributed by atoms with E-state index < -0.39 is 0 Å². The molecule has 0 fully saturated rings. The number of carbonyl (C=O) groups excluding carboxylic acids is 1. The summed E-state index contributed by atoms with van der Waals surface area (Å²) in [6, 6.07) is 3.75. The number of halogens is 2. The minimum atomic E-state index is -0.369. The molecule has 2 aromatic heterocycles. The summed E-state index contributed by atoms with van der Waals surface area (Å²) >= 11 is 14.3. The summed E-state index contributed by atoms with van der Waals surface area (Å²) in [7, 11) is 0. The van der Waals surface area contributed by atoms with Crippen molar-refractivity contribution in [2.75, 3.05) is 18.0 Å². The lowest BCUT2D eigenvalue weighted by molar-refractivity contribution is -0.118. The van der Waals surface area contributed by atoms with E-state index in [1.165, 1.54) is 5.56 Å². The van der Waals surface area contributed by atoms with Crippen molar-refractivity contribution in [3.05, 3.63) is 44.5 Å². The summed E-state index contributed by atoms with van der Waals surface area (Å²) in [5.41, 5.74) is 9.96. The molecule has 0 radical (unpaired) electrons. The average Bonchev–Trinajstić information content (AvgIpc) is 3.14. The van der Waals surface area contributed by atoms with Gasteiger partial charge in [-0.1, -0.05) is 44.0 Å². The third-order valence-corrected chi connectivity index (χ3v) is 7.05. The number of nitrogens with two attached hydrogens (primary N) is 1. The van der Waals surface area contributed by atoms with Crippen LogP contribution in [-0.2, 0) is 29.6 Å². The van der Waals surface area contributed by atoms with Crippen LogP contribution in [0.3, 0.4) is 0 Å². The molecule has 29 heavy (non-hydrogen) atoms. The molecule has 0 atom stereocenters. The molecular formula is C21H24Cl2N4OS. The Kier molecular flexibility index (Phi) is 5.30. The van der Waals surface area contributed by atoms with Crippen LogP contribution in [0, 0.1) is 0 Å². The summed E-state index contributed by atoms with van der Waals surface area (Å²) in [5.74, 6) is -0.369. The number of primary amides is 1. The number of carbonyl (C=O) groups is 1. The molecule has 0 unspecified atom stereocenters. The van der Waals surface area contributed by atoms with Crippen LogP contribution in [-0.4, -0.2) is 28.5 Å². The lowest BCUT2D eigenvalue weighted by Gasteiger charge is -2.20. The molecule has 1 aliphatic rings. The molecule has 0 spiro atoms. The van der Waals surface area contributed by atoms with Crippen LogP contribution in [0.4, 0.5) is 5.13 Å². The van der Waals surface area contributed by atoms with Crippen molar-refractivity contribution in [2.45, 2.75) is 45.6 Å². The van der Waals surface area contributed by atoms with Crippen molar-refractivity contribution in [3.8, 4) is 0 Å². The Morgan fingerprint density at radius 1 is 1.21 bits per heavy atom. The van der Waals surface area contributed by atoms with Gasteiger partial charge in [0.05, 0.1) is 21.3 Å². The van der Waals surface area contributed by atoms with Crippen molar-refractivity contribution in [1.82, 2.24) is 9.55 Å². The molecule has 3 aromatic rings. The molecule has 2 N–H and O–H groups in total. The van der Waals surface area contributed by atoms with Gasteiger partial charge in [0, 0.05) is 41.4 Å². The predicted octanol–water partition coefficient (Wildman–Crippen LogP) is 4.79. The third-order valence-electron chi connectivity index (χ3n) is 5.42. The van der Waals surface area contributed by atoms with Gasteiger partial charge in [0.15, 0.2) is 5.13 Å². The van der Waals surface area contributed by atoms with Crippen molar-refractivity contribution >= 4 is 56.5 Å². The van der Waals surface area contributed by atoms with Crippen LogP contribution >= 0.6 is 34.5 Å². The van der Waals surface area contributed by atoms with E-state index in [1.807, 2.05) is 16.7 Å². The maximum atomic E-state index is 11.7. The van der Waals surface area contributed by atoms with Crippen LogP contribution in [0.2, 0.25) is 10.0 Å². The van der Waals surface area contributed by atoms with Crippen molar-refractivity contribution in [2.24, 2.45) is 5.73 Å². The molecule has 0 aliphatic carbocycles. The van der Waals surface area contributed by atoms with Gasteiger partial charge in [-0.15, -0.1) is 11.3 Å². The second kappa shape index (κ2) is 7.49. The molecule has 1 amide bonds. The normalized spacial score (nSPS) is 14.9. The summed E-state index contributed by atoms with van der Waals surface area (Å²) in [6.07, 6.45) is 1.65. The largest absolute Gasteiger partial charge is 0.368 e. The molecule has 0 saturated carbocycles. The summed E-state index contributed by atoms with van der Waals surface area (Å²) in [4.78, 5) is 18.9. The zero-order valence-corrected chi connectivity index (χ0v) is 19.1. The number of anilines is 1. The van der Waals surface area contributed by atoms with Gasteiger partial charge in [-0.2, -0.15) is 0 Å². The average molecular weight is 451 g/mol. The molecule has 4 rings (SSSR count). The molecular weight excluding hydrogens is 427 g/mol. The maximum absolute atomic E-state index is 11.7. The Morgan fingerprint density at radius 3 is 2.55 bits per heavy atom. The van der Waals surface area contributed by atoms with E-state index in [4.69, 9.17) is 33.9 Å². The number of nitrogens with zero attached hydrogens (tertiary/aromatic N) is 3. The standard InChI is InChI=1S/C21H24Cl2N4OS/c1-21(2,3)18-11-29-20(25-18)26-6-4-12-13-8-14(22)15(23)9-17(13)27(10-19(24)28)16(12)5-7-26/h8-9,11H,4-7,10H2,1-3H3,(H2,24,28). The number of benzene rings is 1. The van der Waals surface area contributed by atoms with Crippen LogP contribution in [0.25, 0.3) is 10.9 Å². The first-order valence-electron chi connectivity index (χ1n) is 9.63. The minimum Gasteiger partial charge on any atom is -0.368 e. The first-order chi connectivity index (χ1) is 13.6. The van der Waals surface area contributed by atoms with Gasteiger partial charge in [-0.3, -0.25) is 4.79 Å². The molecule has 154 valence electrons. The van der Waals surface area contributed by atoms with Gasteiger partial charge in [-0.25, -0.2) is 4.98 Å². The number of thiazole rings is 1. The van der Waals surface area contributed by atoms with E-state index in [-0.39, 0.29) is 17.9 Å². The predicted molar refractivity (Wildman–Crippen MR) is 122 cm³/mol. The SMILES string of the molecule is CC(C)(C)c1csc(N2CCc3c(n(CC(N)=O)c4cc(Cl)c(Cl)cc34)CC2)n1. The lowest BCUT2D eigenvalue weighted by atomic mass is 9.93. The van der Waals surface area contributed by atoms with Crippen LogP contribution in [0.5, 0.6) is 0 Å². The Morgan fingerprint density at radius 2 is 1.90 bits per heavy atom. The molecule has 0 bridgehead atoms. The van der Waals surface area contributed by atoms with Gasteiger partial charge in [0.2, 0.25) is 5.91 Å². The van der Waals surface area contributed by atoms with Crippen molar-refractivity contribution in [3.63, 3.8) is 0 Å². The third kappa shape index (κ3) is 3.86. The Hall–Kier alpha value is -1.76. The Labute approximate surface area is 184 Å². The quantitative estimate of drug-likeness (QED) is 0.623. The summed E-state index contributed by atoms with van der Waals surface area (Å²) < 4.78 is 2.00. The fourth-order valence-electron chi connectivity index (χ4n) is 3.91. The maximum Gasteiger partial charge on any atom is 0.237 e. The smallest absolute Gasteiger partial charge is 0.237 e. The molecule has 8 heteroatoms. The molecule has 0 saturated heterocycles. The van der Waals surface area contributed by atoms with E-state index in [0.29, 0.717) is 10.0 Å². The minimum absolute atomic E-state index is 0.0356. The van der Waals surface area contributed by atoms with E-state index in [1.54, 1.807) is 11.3 Å². The van der Waals surface area contributed by atoms with Gasteiger partial charge < -0.3 is 15.2 Å². The monoisotopic (exact) mass is 450 g/mol. The number of rotatable bonds is 3. The van der Waals surface area contributed by atoms with Crippen molar-refractivity contribution in [1.29, 1.82) is 0 Å². The van der Waals surface area contributed by atoms with Crippen LogP contribution in [0.1, 0.15) is 37.7 Å². The van der Waals surface area contributed by atoms with Gasteiger partial charge in [-0.05, 0) is 24.1 Å². The number of hydrogen-bond donors (Lipinski definition) is 1. The highest BCUT2D eigenvalue weighted by molar-refractivity contribution is 7.13. The van der Waals surface area contributed by atoms with Crippen molar-refractivity contribution < 1.29 is 4.79 Å². The zero-order valence-electron chi connectivity index (χ0n) is 16.8. The van der Waals surface area contributed by atoms with Gasteiger partial charge in [0.25, 0.3) is 0 Å². The molecule has 1 aromatic carbocycles. The molecule has 5 nitrogen and oxygen atoms in total. The Bertz CT molecular complexity index is 1100. The molecule has 3 heterocycles. The number of aromatic nitrogens is 2. The highest BCUT2D eigenvalue weighted by Gasteiger charge is 2.25. The van der Waals surface area contributed by atoms with E-state index in [2.05, 4.69) is 31.1 Å². The lowest BCUT2D eigenvalue weighted by Crippen LogP contribution is -2.27. The second-order valence-corrected chi connectivity index (χ2v) is 10.2. The van der Waals surface area contributed by atoms with Gasteiger partial charge in [0.1, 0.15) is 6.54 Å². The first-order valence-corrected chi connectivity index (χ1v) is 11.3. The topological polar surface area (TPSA) is 64.2 Å². The van der Waals surface area contributed by atoms with Gasteiger partial charge >= 0.3 is 0 Å². The zero-order chi connectivity index (χ0) is 20.9. The van der Waals surface area contributed by atoms with Crippen LogP contribution in [0.15, 0.2) is 17.5 Å². The second-order valence-electron chi connectivity index (χ2n) is 8.51. The fraction of sp³-hybridized carbons (Fsp3) is 0.429. The van der Waals surface area contributed by atoms with E-state index >= 15 is 0 Å². The number of amides is 1. The van der Waals surface area contributed by atoms with E-state index in [9.17, 15) is 4.79 Å². The highest BCUT2D eigenvalue weighted by atomic mass is 35.5. The fourth-order valence-corrected chi connectivity index (χ4v) is 5.34. The Balaban J connectivity index is 1.72. The number of hydrogen-bond acceptors (Lipinski definition) is 4. The summed E-state index contributed by atoms with van der Waals surface area (Å²) in [6.45, 7) is 8.36. The summed E-state index contributed by atoms with van der Waals surface area (Å²) in [5, 5.41) is 5.25. The highest BCUT2D eigenvalue weighted by Crippen LogP contribution is 2.36.